The minimum atomic E-state index is -3.59. The number of halogens is 1. The molecule has 2 rings (SSSR count). The average molecular weight is 390 g/mol. The van der Waals surface area contributed by atoms with Crippen LogP contribution >= 0.6 is 12.4 Å². The molecule has 0 saturated heterocycles. The molecule has 1 aliphatic rings. The first-order chi connectivity index (χ1) is 11.2. The minimum absolute atomic E-state index is 0. The lowest BCUT2D eigenvalue weighted by Gasteiger charge is -2.19. The van der Waals surface area contributed by atoms with Gasteiger partial charge in [0.15, 0.2) is 0 Å². The van der Waals surface area contributed by atoms with Crippen molar-refractivity contribution in [1.29, 1.82) is 0 Å². The molecule has 0 spiro atoms. The fraction of sp³-hybridized carbons (Fsp3) is 0.588. The highest BCUT2D eigenvalue weighted by Gasteiger charge is 2.18. The van der Waals surface area contributed by atoms with Crippen molar-refractivity contribution < 1.29 is 13.2 Å². The molecule has 0 fully saturated rings. The van der Waals surface area contributed by atoms with Gasteiger partial charge in [0, 0.05) is 25.0 Å². The van der Waals surface area contributed by atoms with Crippen LogP contribution in [0.2, 0.25) is 0 Å². The van der Waals surface area contributed by atoms with Crippen LogP contribution in [0, 0.1) is 0 Å². The molecule has 1 aromatic carbocycles. The van der Waals surface area contributed by atoms with Crippen LogP contribution in [0.4, 0.5) is 0 Å². The van der Waals surface area contributed by atoms with E-state index >= 15 is 0 Å². The molecule has 142 valence electrons. The fourth-order valence-corrected chi connectivity index (χ4v) is 3.76. The van der Waals surface area contributed by atoms with Gasteiger partial charge in [0.2, 0.25) is 15.9 Å². The summed E-state index contributed by atoms with van der Waals surface area (Å²) < 4.78 is 27.2. The maximum atomic E-state index is 12.4. The number of carbonyl (C=O) groups excluding carboxylic acids is 1. The Balaban J connectivity index is 0.00000312. The van der Waals surface area contributed by atoms with Gasteiger partial charge in [-0.15, -0.1) is 12.4 Å². The van der Waals surface area contributed by atoms with Gasteiger partial charge in [0.1, 0.15) is 0 Å². The molecule has 25 heavy (non-hydrogen) atoms. The summed E-state index contributed by atoms with van der Waals surface area (Å²) in [5.74, 6) is -0.221. The van der Waals surface area contributed by atoms with Gasteiger partial charge in [0.25, 0.3) is 0 Å². The lowest BCUT2D eigenvalue weighted by Crippen LogP contribution is -2.45. The number of hydrogen-bond acceptors (Lipinski definition) is 4. The second-order valence-electron chi connectivity index (χ2n) is 7.05. The standard InChI is InChI=1S/C17H27N3O3S.ClH/c1-17(2,18)12-19-16(21)9-10-20-24(22,23)15-8-7-13-5-3-4-6-14(13)11-15;/h7-8,11,20H,3-6,9-10,12,18H2,1-2H3,(H,19,21);1H. The summed E-state index contributed by atoms with van der Waals surface area (Å²) >= 11 is 0. The topological polar surface area (TPSA) is 101 Å². The van der Waals surface area contributed by atoms with E-state index in [0.29, 0.717) is 6.54 Å². The Morgan fingerprint density at radius 2 is 1.84 bits per heavy atom. The summed E-state index contributed by atoms with van der Waals surface area (Å²) in [6.45, 7) is 4.04. The van der Waals surface area contributed by atoms with Gasteiger partial charge in [-0.1, -0.05) is 6.07 Å². The number of amides is 1. The Kier molecular flexibility index (Phi) is 7.87. The summed E-state index contributed by atoms with van der Waals surface area (Å²) in [5, 5.41) is 2.69. The summed E-state index contributed by atoms with van der Waals surface area (Å²) in [4.78, 5) is 12.0. The lowest BCUT2D eigenvalue weighted by molar-refractivity contribution is -0.121. The van der Waals surface area contributed by atoms with Crippen LogP contribution in [0.3, 0.4) is 0 Å². The molecule has 1 aliphatic carbocycles. The second-order valence-corrected chi connectivity index (χ2v) is 8.82. The zero-order valence-corrected chi connectivity index (χ0v) is 16.4. The van der Waals surface area contributed by atoms with Crippen LogP contribution in [0.25, 0.3) is 0 Å². The Labute approximate surface area is 156 Å². The molecular formula is C17H28ClN3O3S. The van der Waals surface area contributed by atoms with E-state index in [-0.39, 0.29) is 36.2 Å². The van der Waals surface area contributed by atoms with E-state index in [2.05, 4.69) is 10.0 Å². The van der Waals surface area contributed by atoms with Crippen molar-refractivity contribution >= 4 is 28.3 Å². The molecule has 0 heterocycles. The largest absolute Gasteiger partial charge is 0.354 e. The highest BCUT2D eigenvalue weighted by molar-refractivity contribution is 7.89. The first-order valence-corrected chi connectivity index (χ1v) is 9.83. The smallest absolute Gasteiger partial charge is 0.240 e. The highest BCUT2D eigenvalue weighted by Crippen LogP contribution is 2.23. The van der Waals surface area contributed by atoms with Crippen LogP contribution in [0.15, 0.2) is 23.1 Å². The van der Waals surface area contributed by atoms with Crippen molar-refractivity contribution in [2.45, 2.75) is 56.4 Å². The monoisotopic (exact) mass is 389 g/mol. The third kappa shape index (κ3) is 6.93. The van der Waals surface area contributed by atoms with Crippen LogP contribution in [0.5, 0.6) is 0 Å². The quantitative estimate of drug-likeness (QED) is 0.657. The van der Waals surface area contributed by atoms with Gasteiger partial charge in [-0.05, 0) is 62.8 Å². The maximum absolute atomic E-state index is 12.4. The van der Waals surface area contributed by atoms with Crippen LogP contribution in [-0.4, -0.2) is 33.0 Å². The minimum Gasteiger partial charge on any atom is -0.354 e. The molecule has 1 aromatic rings. The van der Waals surface area contributed by atoms with E-state index in [4.69, 9.17) is 5.73 Å². The number of carbonyl (C=O) groups is 1. The van der Waals surface area contributed by atoms with E-state index in [1.807, 2.05) is 19.9 Å². The van der Waals surface area contributed by atoms with Gasteiger partial charge in [-0.2, -0.15) is 0 Å². The number of fused-ring (bicyclic) bond motifs is 1. The van der Waals surface area contributed by atoms with Gasteiger partial charge >= 0.3 is 0 Å². The Bertz CT molecular complexity index is 700. The molecule has 0 unspecified atom stereocenters. The molecular weight excluding hydrogens is 362 g/mol. The van der Waals surface area contributed by atoms with E-state index in [9.17, 15) is 13.2 Å². The lowest BCUT2D eigenvalue weighted by atomic mass is 9.92. The number of hydrogen-bond donors (Lipinski definition) is 3. The molecule has 0 bridgehead atoms. The first kappa shape index (κ1) is 21.9. The third-order valence-electron chi connectivity index (χ3n) is 4.02. The summed E-state index contributed by atoms with van der Waals surface area (Å²) in [6, 6.07) is 5.30. The molecule has 4 N–H and O–H groups in total. The number of sulfonamides is 1. The summed E-state index contributed by atoms with van der Waals surface area (Å²) in [6.07, 6.45) is 4.28. The molecule has 0 saturated carbocycles. The first-order valence-electron chi connectivity index (χ1n) is 8.34. The van der Waals surface area contributed by atoms with E-state index in [1.54, 1.807) is 12.1 Å². The zero-order valence-electron chi connectivity index (χ0n) is 14.8. The molecule has 0 aliphatic heterocycles. The van der Waals surface area contributed by atoms with Crippen LogP contribution in [0.1, 0.15) is 44.2 Å². The number of rotatable bonds is 7. The van der Waals surface area contributed by atoms with Crippen molar-refractivity contribution in [2.24, 2.45) is 5.73 Å². The average Bonchev–Trinajstić information content (AvgIpc) is 2.51. The fourth-order valence-electron chi connectivity index (χ4n) is 2.67. The van der Waals surface area contributed by atoms with Crippen molar-refractivity contribution in [3.8, 4) is 0 Å². The number of nitrogens with two attached hydrogens (primary N) is 1. The van der Waals surface area contributed by atoms with Gasteiger partial charge in [-0.25, -0.2) is 13.1 Å². The van der Waals surface area contributed by atoms with Gasteiger partial charge in [-0.3, -0.25) is 4.79 Å². The molecule has 0 aromatic heterocycles. The molecule has 8 heteroatoms. The van der Waals surface area contributed by atoms with Crippen molar-refractivity contribution in [2.75, 3.05) is 13.1 Å². The molecule has 1 amide bonds. The normalized spacial score (nSPS) is 14.4. The maximum Gasteiger partial charge on any atom is 0.240 e. The molecule has 6 nitrogen and oxygen atoms in total. The number of nitrogens with one attached hydrogen (secondary N) is 2. The zero-order chi connectivity index (χ0) is 17.8. The molecule has 0 radical (unpaired) electrons. The Morgan fingerprint density at radius 3 is 2.48 bits per heavy atom. The SMILES string of the molecule is CC(C)(N)CNC(=O)CCNS(=O)(=O)c1ccc2c(c1)CCCC2.Cl. The predicted octanol–water partition coefficient (Wildman–Crippen LogP) is 1.51. The van der Waals surface area contributed by atoms with Crippen molar-refractivity contribution in [3.05, 3.63) is 29.3 Å². The third-order valence-corrected chi connectivity index (χ3v) is 5.47. The number of aryl methyl sites for hydroxylation is 2. The van der Waals surface area contributed by atoms with E-state index in [1.165, 1.54) is 5.56 Å². The van der Waals surface area contributed by atoms with Crippen molar-refractivity contribution in [1.82, 2.24) is 10.0 Å². The molecule has 0 atom stereocenters. The van der Waals surface area contributed by atoms with Gasteiger partial charge in [0.05, 0.1) is 4.90 Å². The Hall–Kier alpha value is -1.15. The number of benzene rings is 1. The van der Waals surface area contributed by atoms with Crippen LogP contribution < -0.4 is 15.8 Å². The highest BCUT2D eigenvalue weighted by atomic mass is 35.5. The van der Waals surface area contributed by atoms with E-state index in [0.717, 1.165) is 31.2 Å². The predicted molar refractivity (Wildman–Crippen MR) is 101 cm³/mol. The summed E-state index contributed by atoms with van der Waals surface area (Å²) in [7, 11) is -3.59. The van der Waals surface area contributed by atoms with Gasteiger partial charge < -0.3 is 11.1 Å². The summed E-state index contributed by atoms with van der Waals surface area (Å²) in [5.41, 5.74) is 7.66. The second kappa shape index (κ2) is 8.98. The van der Waals surface area contributed by atoms with Crippen molar-refractivity contribution in [3.63, 3.8) is 0 Å². The van der Waals surface area contributed by atoms with E-state index < -0.39 is 15.6 Å². The Morgan fingerprint density at radius 1 is 1.20 bits per heavy atom. The van der Waals surface area contributed by atoms with Crippen LogP contribution in [-0.2, 0) is 27.7 Å².